The molecule has 2 aromatic heterocycles. The van der Waals surface area contributed by atoms with E-state index in [0.717, 1.165) is 29.7 Å². The summed E-state index contributed by atoms with van der Waals surface area (Å²) in [4.78, 5) is 20.3. The van der Waals surface area contributed by atoms with Gasteiger partial charge in [0.05, 0.1) is 27.9 Å². The van der Waals surface area contributed by atoms with Gasteiger partial charge in [-0.3, -0.25) is 15.1 Å². The zero-order chi connectivity index (χ0) is 18.9. The Morgan fingerprint density at radius 2 is 2.00 bits per heavy atom. The molecule has 0 fully saturated rings. The maximum absolute atomic E-state index is 13.6. The van der Waals surface area contributed by atoms with Gasteiger partial charge in [0.15, 0.2) is 10.9 Å². The Morgan fingerprint density at radius 3 is 2.69 bits per heavy atom. The number of anilines is 1. The Labute approximate surface area is 149 Å². The van der Waals surface area contributed by atoms with Crippen LogP contribution in [0.3, 0.4) is 0 Å². The molecule has 0 aliphatic heterocycles. The molecule has 0 saturated carbocycles. The third kappa shape index (κ3) is 3.72. The van der Waals surface area contributed by atoms with Gasteiger partial charge in [-0.25, -0.2) is 9.37 Å². The van der Waals surface area contributed by atoms with E-state index in [2.05, 4.69) is 15.3 Å². The van der Waals surface area contributed by atoms with Crippen LogP contribution in [0.1, 0.15) is 21.6 Å². The van der Waals surface area contributed by atoms with Gasteiger partial charge < -0.3 is 0 Å². The molecule has 0 saturated heterocycles. The number of pyridine rings is 1. The molecule has 26 heavy (non-hydrogen) atoms. The summed E-state index contributed by atoms with van der Waals surface area (Å²) < 4.78 is 52.2. The highest BCUT2D eigenvalue weighted by atomic mass is 32.1. The number of hydrogen-bond donors (Lipinski definition) is 1. The van der Waals surface area contributed by atoms with Crippen molar-refractivity contribution < 1.29 is 22.4 Å². The van der Waals surface area contributed by atoms with Gasteiger partial charge in [-0.2, -0.15) is 13.2 Å². The molecule has 4 nitrogen and oxygen atoms in total. The summed E-state index contributed by atoms with van der Waals surface area (Å²) >= 11 is 1.01. The molecule has 0 radical (unpaired) electrons. The van der Waals surface area contributed by atoms with E-state index in [-0.39, 0.29) is 10.7 Å². The molecule has 9 heteroatoms. The minimum Gasteiger partial charge on any atom is -0.298 e. The van der Waals surface area contributed by atoms with Crippen LogP contribution in [0.25, 0.3) is 10.4 Å². The SMILES string of the molecule is Cc1nc(NC(=O)c2ccncc2F)sc1-c1cccc(C(F)(F)F)c1. The molecule has 0 spiro atoms. The van der Waals surface area contributed by atoms with Crippen LogP contribution < -0.4 is 5.32 Å². The lowest BCUT2D eigenvalue weighted by Crippen LogP contribution is -2.13. The van der Waals surface area contributed by atoms with Crippen molar-refractivity contribution in [2.75, 3.05) is 5.32 Å². The predicted octanol–water partition coefficient (Wildman–Crippen LogP) is 4.92. The van der Waals surface area contributed by atoms with Gasteiger partial charge in [-0.05, 0) is 30.7 Å². The molecular weight excluding hydrogens is 370 g/mol. The van der Waals surface area contributed by atoms with E-state index < -0.39 is 23.5 Å². The van der Waals surface area contributed by atoms with Crippen molar-refractivity contribution in [1.82, 2.24) is 9.97 Å². The zero-order valence-electron chi connectivity index (χ0n) is 13.3. The van der Waals surface area contributed by atoms with Gasteiger partial charge in [-0.1, -0.05) is 23.5 Å². The van der Waals surface area contributed by atoms with Crippen molar-refractivity contribution in [3.63, 3.8) is 0 Å². The topological polar surface area (TPSA) is 54.9 Å². The number of carbonyl (C=O) groups excluding carboxylic acids is 1. The normalized spacial score (nSPS) is 11.4. The van der Waals surface area contributed by atoms with Gasteiger partial charge >= 0.3 is 6.18 Å². The molecule has 0 atom stereocenters. The first-order chi connectivity index (χ1) is 12.3. The fourth-order valence-electron chi connectivity index (χ4n) is 2.28. The molecule has 0 bridgehead atoms. The standard InChI is InChI=1S/C17H11F4N3OS/c1-9-14(10-3-2-4-11(7-10)17(19,20)21)26-16(23-9)24-15(25)12-5-6-22-8-13(12)18/h2-8H,1H3,(H,23,24,25). The Kier molecular flexibility index (Phi) is 4.73. The first-order valence-corrected chi connectivity index (χ1v) is 8.13. The highest BCUT2D eigenvalue weighted by molar-refractivity contribution is 7.19. The van der Waals surface area contributed by atoms with Crippen molar-refractivity contribution in [3.8, 4) is 10.4 Å². The minimum atomic E-state index is -4.45. The van der Waals surface area contributed by atoms with Crippen molar-refractivity contribution in [2.24, 2.45) is 0 Å². The number of hydrogen-bond acceptors (Lipinski definition) is 4. The van der Waals surface area contributed by atoms with E-state index in [4.69, 9.17) is 0 Å². The number of amides is 1. The monoisotopic (exact) mass is 381 g/mol. The van der Waals surface area contributed by atoms with Crippen LogP contribution >= 0.6 is 11.3 Å². The molecule has 0 aliphatic rings. The van der Waals surface area contributed by atoms with E-state index >= 15 is 0 Å². The van der Waals surface area contributed by atoms with Crippen LogP contribution in [-0.4, -0.2) is 15.9 Å². The van der Waals surface area contributed by atoms with Gasteiger partial charge in [0.25, 0.3) is 5.91 Å². The number of carbonyl (C=O) groups is 1. The molecule has 1 amide bonds. The Balaban J connectivity index is 1.88. The molecule has 3 rings (SSSR count). The summed E-state index contributed by atoms with van der Waals surface area (Å²) in [5.74, 6) is -1.49. The summed E-state index contributed by atoms with van der Waals surface area (Å²) in [6.45, 7) is 1.62. The number of rotatable bonds is 3. The Bertz CT molecular complexity index is 969. The van der Waals surface area contributed by atoms with Crippen LogP contribution in [0.4, 0.5) is 22.7 Å². The molecule has 1 aromatic carbocycles. The number of alkyl halides is 3. The van der Waals surface area contributed by atoms with Gasteiger partial charge in [0.2, 0.25) is 0 Å². The second kappa shape index (κ2) is 6.83. The maximum atomic E-state index is 13.6. The van der Waals surface area contributed by atoms with Gasteiger partial charge in [-0.15, -0.1) is 0 Å². The van der Waals surface area contributed by atoms with Crippen molar-refractivity contribution >= 4 is 22.4 Å². The number of nitrogens with one attached hydrogen (secondary N) is 1. The van der Waals surface area contributed by atoms with Gasteiger partial charge in [0.1, 0.15) is 0 Å². The van der Waals surface area contributed by atoms with E-state index in [1.807, 2.05) is 0 Å². The average molecular weight is 381 g/mol. The van der Waals surface area contributed by atoms with E-state index in [1.54, 1.807) is 6.92 Å². The van der Waals surface area contributed by atoms with E-state index in [9.17, 15) is 22.4 Å². The van der Waals surface area contributed by atoms with Gasteiger partial charge in [0, 0.05) is 6.20 Å². The van der Waals surface area contributed by atoms with Crippen molar-refractivity contribution in [3.05, 3.63) is 65.4 Å². The smallest absolute Gasteiger partial charge is 0.298 e. The van der Waals surface area contributed by atoms with Crippen LogP contribution in [0, 0.1) is 12.7 Å². The first-order valence-electron chi connectivity index (χ1n) is 7.31. The molecule has 2 heterocycles. The molecule has 0 unspecified atom stereocenters. The third-order valence-electron chi connectivity index (χ3n) is 3.49. The number of nitrogens with zero attached hydrogens (tertiary/aromatic N) is 2. The number of aryl methyl sites for hydroxylation is 1. The Hall–Kier alpha value is -2.81. The summed E-state index contributed by atoms with van der Waals surface area (Å²) in [5, 5.41) is 2.62. The third-order valence-corrected chi connectivity index (χ3v) is 4.61. The highest BCUT2D eigenvalue weighted by Crippen LogP contribution is 2.36. The molecule has 1 N–H and O–H groups in total. The quantitative estimate of drug-likeness (QED) is 0.655. The Morgan fingerprint density at radius 1 is 1.23 bits per heavy atom. The summed E-state index contributed by atoms with van der Waals surface area (Å²) in [7, 11) is 0. The molecule has 3 aromatic rings. The lowest BCUT2D eigenvalue weighted by molar-refractivity contribution is -0.137. The fraction of sp³-hybridized carbons (Fsp3) is 0.118. The first kappa shape index (κ1) is 18.0. The number of aromatic nitrogens is 2. The summed E-state index contributed by atoms with van der Waals surface area (Å²) in [6.07, 6.45) is -2.26. The second-order valence-corrected chi connectivity index (χ2v) is 6.32. The maximum Gasteiger partial charge on any atom is 0.416 e. The van der Waals surface area contributed by atoms with E-state index in [1.165, 1.54) is 24.4 Å². The lowest BCUT2D eigenvalue weighted by atomic mass is 10.1. The van der Waals surface area contributed by atoms with Crippen LogP contribution in [0.2, 0.25) is 0 Å². The van der Waals surface area contributed by atoms with Crippen molar-refractivity contribution in [1.29, 1.82) is 0 Å². The predicted molar refractivity (Wildman–Crippen MR) is 89.4 cm³/mol. The number of halogens is 4. The summed E-state index contributed by atoms with van der Waals surface area (Å²) in [5.41, 5.74) is -0.175. The van der Waals surface area contributed by atoms with Crippen LogP contribution in [0.5, 0.6) is 0 Å². The van der Waals surface area contributed by atoms with Crippen molar-refractivity contribution in [2.45, 2.75) is 13.1 Å². The van der Waals surface area contributed by atoms with E-state index in [0.29, 0.717) is 16.1 Å². The van der Waals surface area contributed by atoms with Crippen LogP contribution in [-0.2, 0) is 6.18 Å². The largest absolute Gasteiger partial charge is 0.416 e. The molecule has 134 valence electrons. The number of benzene rings is 1. The molecule has 0 aliphatic carbocycles. The fourth-order valence-corrected chi connectivity index (χ4v) is 3.24. The number of thiazole rings is 1. The lowest BCUT2D eigenvalue weighted by Gasteiger charge is -2.07. The average Bonchev–Trinajstić information content (AvgIpc) is 2.95. The minimum absolute atomic E-state index is 0.163. The summed E-state index contributed by atoms with van der Waals surface area (Å²) in [6, 6.07) is 6.06. The zero-order valence-corrected chi connectivity index (χ0v) is 14.1. The van der Waals surface area contributed by atoms with Crippen LogP contribution in [0.15, 0.2) is 42.7 Å². The molecular formula is C17H11F4N3OS. The second-order valence-electron chi connectivity index (χ2n) is 5.32. The highest BCUT2D eigenvalue weighted by Gasteiger charge is 2.30.